The smallest absolute Gasteiger partial charge is 0.256 e. The lowest BCUT2D eigenvalue weighted by Crippen LogP contribution is -2.18. The summed E-state index contributed by atoms with van der Waals surface area (Å²) in [6, 6.07) is 16.0. The van der Waals surface area contributed by atoms with Crippen molar-refractivity contribution in [2.24, 2.45) is 5.41 Å². The molecule has 5 heteroatoms. The summed E-state index contributed by atoms with van der Waals surface area (Å²) >= 11 is 5.88. The minimum Gasteiger partial charge on any atom is -0.493 e. The number of hydrogen-bond donors (Lipinski definition) is 0. The van der Waals surface area contributed by atoms with E-state index in [0.717, 1.165) is 5.56 Å². The monoisotopic (exact) mass is 421 g/mol. The van der Waals surface area contributed by atoms with Crippen LogP contribution >= 0.6 is 11.6 Å². The molecule has 0 aliphatic carbocycles. The summed E-state index contributed by atoms with van der Waals surface area (Å²) in [4.78, 5) is 12.6. The second-order valence-corrected chi connectivity index (χ2v) is 8.50. The van der Waals surface area contributed by atoms with Crippen LogP contribution in [0.25, 0.3) is 5.69 Å². The molecule has 1 aromatic heterocycles. The molecule has 3 aromatic rings. The fraction of sp³-hybridized carbons (Fsp3) is 0.240. The minimum atomic E-state index is -0.177. The van der Waals surface area contributed by atoms with Gasteiger partial charge in [-0.2, -0.15) is 0 Å². The predicted molar refractivity (Wildman–Crippen MR) is 121 cm³/mol. The number of rotatable bonds is 4. The van der Waals surface area contributed by atoms with E-state index in [1.807, 2.05) is 24.3 Å². The van der Waals surface area contributed by atoms with Gasteiger partial charge in [-0.25, -0.2) is 0 Å². The summed E-state index contributed by atoms with van der Waals surface area (Å²) in [5.41, 5.74) is 2.02. The van der Waals surface area contributed by atoms with Gasteiger partial charge in [0.25, 0.3) is 5.56 Å². The highest BCUT2D eigenvalue weighted by atomic mass is 35.5. The van der Waals surface area contributed by atoms with E-state index in [4.69, 9.17) is 21.1 Å². The highest BCUT2D eigenvalue weighted by Gasteiger charge is 2.14. The van der Waals surface area contributed by atoms with Crippen LogP contribution in [0.4, 0.5) is 0 Å². The van der Waals surface area contributed by atoms with E-state index in [0.29, 0.717) is 34.4 Å². The third-order valence-electron chi connectivity index (χ3n) is 4.20. The summed E-state index contributed by atoms with van der Waals surface area (Å²) in [7, 11) is 1.58. The molecule has 0 radical (unpaired) electrons. The first kappa shape index (κ1) is 21.5. The Labute approximate surface area is 182 Å². The highest BCUT2D eigenvalue weighted by molar-refractivity contribution is 6.30. The lowest BCUT2D eigenvalue weighted by molar-refractivity contribution is 0.191. The number of ether oxygens (including phenoxy) is 2. The first-order valence-corrected chi connectivity index (χ1v) is 9.94. The van der Waals surface area contributed by atoms with Gasteiger partial charge in [0.15, 0.2) is 11.5 Å². The Bertz CT molecular complexity index is 1150. The van der Waals surface area contributed by atoms with Crippen LogP contribution in [0.5, 0.6) is 11.5 Å². The van der Waals surface area contributed by atoms with Gasteiger partial charge < -0.3 is 9.47 Å². The van der Waals surface area contributed by atoms with Crippen molar-refractivity contribution in [1.29, 1.82) is 0 Å². The van der Waals surface area contributed by atoms with Crippen molar-refractivity contribution in [1.82, 2.24) is 4.57 Å². The van der Waals surface area contributed by atoms with Gasteiger partial charge in [-0.15, -0.1) is 0 Å². The molecule has 2 aromatic carbocycles. The quantitative estimate of drug-likeness (QED) is 0.535. The van der Waals surface area contributed by atoms with Crippen molar-refractivity contribution in [2.45, 2.75) is 20.8 Å². The van der Waals surface area contributed by atoms with Gasteiger partial charge in [0.05, 0.1) is 19.4 Å². The molecule has 0 saturated heterocycles. The number of halogens is 1. The maximum atomic E-state index is 12.6. The zero-order valence-corrected chi connectivity index (χ0v) is 18.3. The molecule has 0 atom stereocenters. The maximum Gasteiger partial charge on any atom is 0.256 e. The molecule has 0 aliphatic heterocycles. The molecule has 1 heterocycles. The van der Waals surface area contributed by atoms with Crippen LogP contribution < -0.4 is 15.0 Å². The SMILES string of the molecule is COc1cc(-n2ccc(C#Cc3ccc(Cl)cc3)cc2=O)ccc1OCC(C)(C)C. The van der Waals surface area contributed by atoms with Crippen LogP contribution in [0.1, 0.15) is 31.9 Å². The third-order valence-corrected chi connectivity index (χ3v) is 4.45. The van der Waals surface area contributed by atoms with E-state index in [1.165, 1.54) is 6.07 Å². The molecular formula is C25H24ClNO3. The molecule has 0 saturated carbocycles. The number of hydrogen-bond acceptors (Lipinski definition) is 3. The Hall–Kier alpha value is -3.16. The van der Waals surface area contributed by atoms with Crippen LogP contribution in [-0.2, 0) is 0 Å². The normalized spacial score (nSPS) is 10.8. The van der Waals surface area contributed by atoms with E-state index >= 15 is 0 Å². The van der Waals surface area contributed by atoms with Gasteiger partial charge >= 0.3 is 0 Å². The molecule has 30 heavy (non-hydrogen) atoms. The molecule has 0 bridgehead atoms. The van der Waals surface area contributed by atoms with Crippen molar-refractivity contribution in [3.63, 3.8) is 0 Å². The fourth-order valence-electron chi connectivity index (χ4n) is 2.67. The molecular weight excluding hydrogens is 398 g/mol. The molecule has 154 valence electrons. The zero-order chi connectivity index (χ0) is 21.7. The lowest BCUT2D eigenvalue weighted by atomic mass is 9.99. The van der Waals surface area contributed by atoms with E-state index in [2.05, 4.69) is 32.6 Å². The topological polar surface area (TPSA) is 40.5 Å². The number of pyridine rings is 1. The summed E-state index contributed by atoms with van der Waals surface area (Å²) in [6.45, 7) is 6.87. The van der Waals surface area contributed by atoms with Crippen molar-refractivity contribution in [3.8, 4) is 29.0 Å². The second-order valence-electron chi connectivity index (χ2n) is 8.07. The molecule has 0 N–H and O–H groups in total. The van der Waals surface area contributed by atoms with Gasteiger partial charge in [0.1, 0.15) is 0 Å². The molecule has 0 unspecified atom stereocenters. The first-order valence-electron chi connectivity index (χ1n) is 9.57. The standard InChI is InChI=1S/C25H24ClNO3/c1-25(2,3)17-30-22-12-11-21(16-23(22)29-4)27-14-13-19(15-24(27)28)6-5-18-7-9-20(26)10-8-18/h7-16H,17H2,1-4H3. The third kappa shape index (κ3) is 5.68. The van der Waals surface area contributed by atoms with E-state index in [9.17, 15) is 4.79 Å². The number of methoxy groups -OCH3 is 1. The van der Waals surface area contributed by atoms with Crippen LogP contribution in [0.3, 0.4) is 0 Å². The number of benzene rings is 2. The highest BCUT2D eigenvalue weighted by Crippen LogP contribution is 2.30. The molecule has 0 amide bonds. The Balaban J connectivity index is 1.84. The Morgan fingerprint density at radius 1 is 0.933 bits per heavy atom. The molecule has 0 spiro atoms. The average Bonchev–Trinajstić information content (AvgIpc) is 2.71. The summed E-state index contributed by atoms with van der Waals surface area (Å²) < 4.78 is 12.9. The molecule has 3 rings (SSSR count). The predicted octanol–water partition coefficient (Wildman–Crippen LogP) is 5.32. The van der Waals surface area contributed by atoms with Crippen molar-refractivity contribution in [2.75, 3.05) is 13.7 Å². The van der Waals surface area contributed by atoms with Gasteiger partial charge in [0, 0.05) is 34.5 Å². The van der Waals surface area contributed by atoms with Crippen LogP contribution in [-0.4, -0.2) is 18.3 Å². The minimum absolute atomic E-state index is 0.0312. The van der Waals surface area contributed by atoms with Crippen molar-refractivity contribution < 1.29 is 9.47 Å². The van der Waals surface area contributed by atoms with Gasteiger partial charge in [-0.1, -0.05) is 44.2 Å². The van der Waals surface area contributed by atoms with Crippen LogP contribution in [0, 0.1) is 17.3 Å². The Kier molecular flexibility index (Phi) is 6.54. The number of nitrogens with zero attached hydrogens (tertiary/aromatic N) is 1. The average molecular weight is 422 g/mol. The maximum absolute atomic E-state index is 12.6. The molecule has 0 fully saturated rings. The van der Waals surface area contributed by atoms with Gasteiger partial charge in [-0.05, 0) is 47.9 Å². The van der Waals surface area contributed by atoms with E-state index in [1.54, 1.807) is 42.1 Å². The van der Waals surface area contributed by atoms with Crippen LogP contribution in [0.2, 0.25) is 5.02 Å². The second kappa shape index (κ2) is 9.11. The largest absolute Gasteiger partial charge is 0.493 e. The van der Waals surface area contributed by atoms with Gasteiger partial charge in [-0.3, -0.25) is 9.36 Å². The number of aromatic nitrogens is 1. The van der Waals surface area contributed by atoms with E-state index < -0.39 is 0 Å². The lowest BCUT2D eigenvalue weighted by Gasteiger charge is -2.20. The fourth-order valence-corrected chi connectivity index (χ4v) is 2.79. The molecule has 4 nitrogen and oxygen atoms in total. The zero-order valence-electron chi connectivity index (χ0n) is 17.5. The Morgan fingerprint density at radius 2 is 1.63 bits per heavy atom. The molecule has 0 aliphatic rings. The Morgan fingerprint density at radius 3 is 2.27 bits per heavy atom. The first-order chi connectivity index (χ1) is 14.2. The van der Waals surface area contributed by atoms with Crippen molar-refractivity contribution in [3.05, 3.63) is 87.3 Å². The van der Waals surface area contributed by atoms with Crippen molar-refractivity contribution >= 4 is 11.6 Å². The van der Waals surface area contributed by atoms with Gasteiger partial charge in [0.2, 0.25) is 0 Å². The summed E-state index contributed by atoms with van der Waals surface area (Å²) in [6.07, 6.45) is 1.71. The summed E-state index contributed by atoms with van der Waals surface area (Å²) in [5, 5.41) is 0.661. The van der Waals surface area contributed by atoms with Crippen LogP contribution in [0.15, 0.2) is 65.6 Å². The summed E-state index contributed by atoms with van der Waals surface area (Å²) in [5.74, 6) is 7.27. The van der Waals surface area contributed by atoms with E-state index in [-0.39, 0.29) is 11.0 Å².